The number of aryl methyl sites for hydroxylation is 2. The van der Waals surface area contributed by atoms with Gasteiger partial charge in [-0.25, -0.2) is 0 Å². The summed E-state index contributed by atoms with van der Waals surface area (Å²) in [4.78, 5) is 25.8. The number of para-hydroxylation sites is 1. The number of likely N-dealkylation sites (N-methyl/N-ethyl adjacent to an activating group) is 1. The predicted molar refractivity (Wildman–Crippen MR) is 83.2 cm³/mol. The fourth-order valence-electron chi connectivity index (χ4n) is 2.65. The molecule has 1 heterocycles. The Balaban J connectivity index is 1.93. The number of nitrogens with zero attached hydrogens (tertiary/aromatic N) is 1. The van der Waals surface area contributed by atoms with Gasteiger partial charge in [0.1, 0.15) is 0 Å². The molecule has 2 rings (SSSR count). The van der Waals surface area contributed by atoms with Gasteiger partial charge in [-0.15, -0.1) is 0 Å². The number of carbonyl (C=O) groups excluding carboxylic acids is 2. The molecule has 1 atom stereocenters. The fraction of sp³-hybridized carbons (Fsp3) is 0.500. The van der Waals surface area contributed by atoms with Gasteiger partial charge in [-0.2, -0.15) is 0 Å². The predicted octanol–water partition coefficient (Wildman–Crippen LogP) is 1.45. The zero-order chi connectivity index (χ0) is 15.4. The lowest BCUT2D eigenvalue weighted by molar-refractivity contribution is -0.134. The van der Waals surface area contributed by atoms with Crippen LogP contribution >= 0.6 is 0 Å². The maximum absolute atomic E-state index is 12.2. The van der Waals surface area contributed by atoms with Crippen LogP contribution in [0.4, 0.5) is 5.69 Å². The summed E-state index contributed by atoms with van der Waals surface area (Å²) in [6, 6.07) is 5.74. The van der Waals surface area contributed by atoms with E-state index in [1.807, 2.05) is 32.0 Å². The molecule has 5 heteroatoms. The zero-order valence-electron chi connectivity index (χ0n) is 12.9. The molecule has 1 aromatic rings. The van der Waals surface area contributed by atoms with Crippen molar-refractivity contribution in [1.29, 1.82) is 0 Å². The van der Waals surface area contributed by atoms with Crippen LogP contribution in [0.25, 0.3) is 0 Å². The highest BCUT2D eigenvalue weighted by Crippen LogP contribution is 2.19. The van der Waals surface area contributed by atoms with Gasteiger partial charge in [-0.05, 0) is 44.4 Å². The molecule has 2 N–H and O–H groups in total. The van der Waals surface area contributed by atoms with E-state index in [-0.39, 0.29) is 24.4 Å². The van der Waals surface area contributed by atoms with Crippen molar-refractivity contribution in [3.8, 4) is 0 Å². The van der Waals surface area contributed by atoms with Crippen LogP contribution in [0.1, 0.15) is 24.0 Å². The van der Waals surface area contributed by atoms with Crippen LogP contribution in [0.5, 0.6) is 0 Å². The number of carbonyl (C=O) groups is 2. The number of hydrogen-bond donors (Lipinski definition) is 2. The maximum Gasteiger partial charge on any atom is 0.243 e. The highest BCUT2D eigenvalue weighted by molar-refractivity contribution is 5.96. The number of amides is 2. The van der Waals surface area contributed by atoms with Gasteiger partial charge in [-0.1, -0.05) is 18.2 Å². The first-order chi connectivity index (χ1) is 9.99. The molecule has 0 saturated carbocycles. The molecule has 0 bridgehead atoms. The molecular formula is C16H23N3O2. The number of anilines is 1. The molecular weight excluding hydrogens is 266 g/mol. The van der Waals surface area contributed by atoms with E-state index in [2.05, 4.69) is 10.6 Å². The molecule has 1 aliphatic heterocycles. The van der Waals surface area contributed by atoms with E-state index in [0.29, 0.717) is 0 Å². The zero-order valence-corrected chi connectivity index (χ0v) is 12.9. The average molecular weight is 289 g/mol. The van der Waals surface area contributed by atoms with Gasteiger partial charge in [0.15, 0.2) is 0 Å². The third-order valence-corrected chi connectivity index (χ3v) is 3.86. The van der Waals surface area contributed by atoms with Gasteiger partial charge >= 0.3 is 0 Å². The molecule has 0 aliphatic carbocycles. The minimum Gasteiger partial charge on any atom is -0.335 e. The van der Waals surface area contributed by atoms with E-state index < -0.39 is 0 Å². The standard InChI is InChI=1S/C16H23N3O2/c1-11-6-4-7-12(2)15(11)18-14(20)10-19(3)16(21)13-8-5-9-17-13/h4,6-7,13,17H,5,8-10H2,1-3H3,(H,18,20). The van der Waals surface area contributed by atoms with Crippen LogP contribution in [0.2, 0.25) is 0 Å². The van der Waals surface area contributed by atoms with Crippen molar-refractivity contribution >= 4 is 17.5 Å². The van der Waals surface area contributed by atoms with Crippen LogP contribution < -0.4 is 10.6 Å². The summed E-state index contributed by atoms with van der Waals surface area (Å²) in [5, 5.41) is 6.06. The van der Waals surface area contributed by atoms with Crippen molar-refractivity contribution in [2.75, 3.05) is 25.5 Å². The Labute approximate surface area is 125 Å². The third kappa shape index (κ3) is 3.82. The van der Waals surface area contributed by atoms with Crippen LogP contribution in [-0.4, -0.2) is 42.9 Å². The largest absolute Gasteiger partial charge is 0.335 e. The molecule has 21 heavy (non-hydrogen) atoms. The lowest BCUT2D eigenvalue weighted by Gasteiger charge is -2.21. The summed E-state index contributed by atoms with van der Waals surface area (Å²) in [6.07, 6.45) is 1.86. The number of nitrogens with one attached hydrogen (secondary N) is 2. The van der Waals surface area contributed by atoms with E-state index in [0.717, 1.165) is 36.2 Å². The van der Waals surface area contributed by atoms with Gasteiger partial charge in [0, 0.05) is 12.7 Å². The first-order valence-electron chi connectivity index (χ1n) is 7.33. The highest BCUT2D eigenvalue weighted by atomic mass is 16.2. The molecule has 1 aliphatic rings. The summed E-state index contributed by atoms with van der Waals surface area (Å²) < 4.78 is 0. The van der Waals surface area contributed by atoms with E-state index in [9.17, 15) is 9.59 Å². The van der Waals surface area contributed by atoms with E-state index in [4.69, 9.17) is 0 Å². The van der Waals surface area contributed by atoms with Crippen molar-refractivity contribution < 1.29 is 9.59 Å². The number of hydrogen-bond acceptors (Lipinski definition) is 3. The fourth-order valence-corrected chi connectivity index (χ4v) is 2.65. The second-order valence-corrected chi connectivity index (χ2v) is 5.66. The molecule has 1 saturated heterocycles. The van der Waals surface area contributed by atoms with Crippen LogP contribution in [0.15, 0.2) is 18.2 Å². The summed E-state index contributed by atoms with van der Waals surface area (Å²) in [5.74, 6) is -0.176. The maximum atomic E-state index is 12.2. The average Bonchev–Trinajstić information content (AvgIpc) is 2.96. The number of benzene rings is 1. The van der Waals surface area contributed by atoms with Gasteiger partial charge < -0.3 is 15.5 Å². The van der Waals surface area contributed by atoms with Crippen molar-refractivity contribution in [3.63, 3.8) is 0 Å². The van der Waals surface area contributed by atoms with E-state index in [1.54, 1.807) is 7.05 Å². The summed E-state index contributed by atoms with van der Waals surface area (Å²) >= 11 is 0. The molecule has 1 unspecified atom stereocenters. The van der Waals surface area contributed by atoms with Crippen LogP contribution in [-0.2, 0) is 9.59 Å². The minimum absolute atomic E-state index is 0.0100. The van der Waals surface area contributed by atoms with Gasteiger partial charge in [0.2, 0.25) is 11.8 Å². The van der Waals surface area contributed by atoms with E-state index >= 15 is 0 Å². The van der Waals surface area contributed by atoms with E-state index in [1.165, 1.54) is 4.90 Å². The third-order valence-electron chi connectivity index (χ3n) is 3.86. The Morgan fingerprint density at radius 3 is 2.57 bits per heavy atom. The van der Waals surface area contributed by atoms with Gasteiger partial charge in [0.25, 0.3) is 0 Å². The normalized spacial score (nSPS) is 17.6. The van der Waals surface area contributed by atoms with Crippen molar-refractivity contribution in [3.05, 3.63) is 29.3 Å². The Kier molecular flexibility index (Phi) is 4.96. The Bertz CT molecular complexity index is 516. The Hall–Kier alpha value is -1.88. The van der Waals surface area contributed by atoms with Crippen molar-refractivity contribution in [1.82, 2.24) is 10.2 Å². The lowest BCUT2D eigenvalue weighted by Crippen LogP contribution is -2.44. The molecule has 114 valence electrons. The number of rotatable bonds is 4. The second kappa shape index (κ2) is 6.72. The summed E-state index contributed by atoms with van der Waals surface area (Å²) in [5.41, 5.74) is 2.88. The monoisotopic (exact) mass is 289 g/mol. The quantitative estimate of drug-likeness (QED) is 0.882. The molecule has 1 aromatic carbocycles. The smallest absolute Gasteiger partial charge is 0.243 e. The van der Waals surface area contributed by atoms with Gasteiger partial charge in [-0.3, -0.25) is 9.59 Å². The Morgan fingerprint density at radius 1 is 1.33 bits per heavy atom. The molecule has 0 aromatic heterocycles. The van der Waals surface area contributed by atoms with Gasteiger partial charge in [0.05, 0.1) is 12.6 Å². The minimum atomic E-state index is -0.166. The first kappa shape index (κ1) is 15.5. The molecule has 5 nitrogen and oxygen atoms in total. The van der Waals surface area contributed by atoms with Crippen LogP contribution in [0, 0.1) is 13.8 Å². The molecule has 1 fully saturated rings. The second-order valence-electron chi connectivity index (χ2n) is 5.66. The molecule has 0 spiro atoms. The highest BCUT2D eigenvalue weighted by Gasteiger charge is 2.25. The molecule has 0 radical (unpaired) electrons. The SMILES string of the molecule is Cc1cccc(C)c1NC(=O)CN(C)C(=O)C1CCCN1. The Morgan fingerprint density at radius 2 is 2.00 bits per heavy atom. The molecule has 2 amide bonds. The topological polar surface area (TPSA) is 61.4 Å². The van der Waals surface area contributed by atoms with Crippen molar-refractivity contribution in [2.24, 2.45) is 0 Å². The van der Waals surface area contributed by atoms with Crippen LogP contribution in [0.3, 0.4) is 0 Å². The van der Waals surface area contributed by atoms with Crippen molar-refractivity contribution in [2.45, 2.75) is 32.7 Å². The summed E-state index contributed by atoms with van der Waals surface area (Å²) in [7, 11) is 1.67. The summed E-state index contributed by atoms with van der Waals surface area (Å²) in [6.45, 7) is 4.86. The first-order valence-corrected chi connectivity index (χ1v) is 7.33. The lowest BCUT2D eigenvalue weighted by atomic mass is 10.1.